The number of ether oxygens (including phenoxy) is 1. The first-order chi connectivity index (χ1) is 8.01. The van der Waals surface area contributed by atoms with Gasteiger partial charge < -0.3 is 9.72 Å². The minimum Gasteiger partial charge on any atom is -0.462 e. The van der Waals surface area contributed by atoms with Crippen molar-refractivity contribution in [3.05, 3.63) is 33.2 Å². The van der Waals surface area contributed by atoms with E-state index in [1.54, 1.807) is 6.92 Å². The van der Waals surface area contributed by atoms with Crippen molar-refractivity contribution >= 4 is 21.9 Å². The predicted molar refractivity (Wildman–Crippen MR) is 60.6 cm³/mol. The summed E-state index contributed by atoms with van der Waals surface area (Å²) < 4.78 is 30.1. The highest BCUT2D eigenvalue weighted by Crippen LogP contribution is 2.24. The lowest BCUT2D eigenvalue weighted by molar-refractivity contribution is 0.0524. The maximum absolute atomic E-state index is 12.7. The molecule has 17 heavy (non-hydrogen) atoms. The number of aromatic nitrogens is 1. The number of pyridine rings is 1. The summed E-state index contributed by atoms with van der Waals surface area (Å²) in [6.45, 7) is 1.70. The lowest BCUT2D eigenvalue weighted by Gasteiger charge is -2.10. The number of rotatable bonds is 4. The van der Waals surface area contributed by atoms with Gasteiger partial charge in [0.1, 0.15) is 0 Å². The highest BCUT2D eigenvalue weighted by Gasteiger charge is 2.21. The Balaban J connectivity index is 3.38. The van der Waals surface area contributed by atoms with Crippen molar-refractivity contribution in [2.45, 2.75) is 18.7 Å². The van der Waals surface area contributed by atoms with Crippen molar-refractivity contribution < 1.29 is 18.3 Å². The first-order valence-corrected chi connectivity index (χ1v) is 5.90. The van der Waals surface area contributed by atoms with Crippen LogP contribution < -0.4 is 5.56 Å². The molecular weight excluding hydrogens is 300 g/mol. The molecular formula is C10H10BrF2NO3. The van der Waals surface area contributed by atoms with Crippen LogP contribution in [0.3, 0.4) is 0 Å². The van der Waals surface area contributed by atoms with Gasteiger partial charge in [0.15, 0.2) is 0 Å². The minimum absolute atomic E-state index is 0.0254. The first-order valence-electron chi connectivity index (χ1n) is 4.78. The van der Waals surface area contributed by atoms with E-state index in [2.05, 4.69) is 15.9 Å². The number of esters is 1. The van der Waals surface area contributed by atoms with E-state index >= 15 is 0 Å². The molecule has 0 fully saturated rings. The molecule has 1 N–H and O–H groups in total. The fraction of sp³-hybridized carbons (Fsp3) is 0.400. The van der Waals surface area contributed by atoms with Crippen molar-refractivity contribution in [3.8, 4) is 0 Å². The molecule has 94 valence electrons. The van der Waals surface area contributed by atoms with Gasteiger partial charge in [-0.15, -0.1) is 0 Å². The van der Waals surface area contributed by atoms with Gasteiger partial charge in [-0.3, -0.25) is 4.79 Å². The number of H-pyrrole nitrogens is 1. The average Bonchev–Trinajstić information content (AvgIpc) is 2.28. The van der Waals surface area contributed by atoms with E-state index < -0.39 is 23.6 Å². The molecule has 0 bridgehead atoms. The number of halogens is 3. The number of alkyl halides is 3. The van der Waals surface area contributed by atoms with Gasteiger partial charge in [0, 0.05) is 17.0 Å². The minimum atomic E-state index is -2.86. The SMILES string of the molecule is CCOC(=O)c1cc(=O)[nH]c(C(F)F)c1CBr. The van der Waals surface area contributed by atoms with Crippen LogP contribution >= 0.6 is 15.9 Å². The summed E-state index contributed by atoms with van der Waals surface area (Å²) in [7, 11) is 0. The second-order valence-corrected chi connectivity index (χ2v) is 3.66. The largest absolute Gasteiger partial charge is 0.462 e. The second-order valence-electron chi connectivity index (χ2n) is 3.09. The Labute approximate surface area is 104 Å². The zero-order valence-electron chi connectivity index (χ0n) is 8.93. The lowest BCUT2D eigenvalue weighted by Crippen LogP contribution is -2.18. The van der Waals surface area contributed by atoms with E-state index in [9.17, 15) is 18.4 Å². The Morgan fingerprint density at radius 3 is 2.71 bits per heavy atom. The molecule has 0 radical (unpaired) electrons. The van der Waals surface area contributed by atoms with Crippen molar-refractivity contribution in [1.82, 2.24) is 4.98 Å². The first kappa shape index (κ1) is 13.8. The van der Waals surface area contributed by atoms with Gasteiger partial charge in [-0.2, -0.15) is 0 Å². The topological polar surface area (TPSA) is 59.2 Å². The molecule has 0 spiro atoms. The quantitative estimate of drug-likeness (QED) is 0.686. The number of nitrogens with one attached hydrogen (secondary N) is 1. The molecule has 0 aliphatic carbocycles. The maximum atomic E-state index is 12.7. The highest BCUT2D eigenvalue weighted by molar-refractivity contribution is 9.08. The van der Waals surface area contributed by atoms with Gasteiger partial charge in [0.05, 0.1) is 17.9 Å². The Bertz CT molecular complexity index is 473. The molecule has 0 atom stereocenters. The normalized spacial score (nSPS) is 10.6. The standard InChI is InChI=1S/C10H10BrF2NO3/c1-2-17-10(16)5-3-7(15)14-8(9(12)13)6(5)4-11/h3,9H,2,4H2,1H3,(H,14,15). The van der Waals surface area contributed by atoms with E-state index in [0.29, 0.717) is 0 Å². The van der Waals surface area contributed by atoms with Gasteiger partial charge in [0.2, 0.25) is 5.56 Å². The Hall–Kier alpha value is -1.24. The summed E-state index contributed by atoms with van der Waals surface area (Å²) in [6, 6.07) is 0.959. The van der Waals surface area contributed by atoms with Crippen LogP contribution in [0.2, 0.25) is 0 Å². The summed E-state index contributed by atoms with van der Waals surface area (Å²) in [5, 5.41) is 0.0254. The van der Waals surface area contributed by atoms with Crippen LogP contribution in [0.25, 0.3) is 0 Å². The zero-order chi connectivity index (χ0) is 13.0. The predicted octanol–water partition coefficient (Wildman–Crippen LogP) is 2.38. The number of carbonyl (C=O) groups is 1. The molecule has 0 aliphatic rings. The fourth-order valence-corrected chi connectivity index (χ4v) is 1.93. The zero-order valence-corrected chi connectivity index (χ0v) is 10.5. The van der Waals surface area contributed by atoms with Crippen LogP contribution in [0.15, 0.2) is 10.9 Å². The van der Waals surface area contributed by atoms with Crippen LogP contribution in [-0.4, -0.2) is 17.6 Å². The van der Waals surface area contributed by atoms with Gasteiger partial charge in [0.25, 0.3) is 6.43 Å². The van der Waals surface area contributed by atoms with E-state index in [0.717, 1.165) is 6.07 Å². The molecule has 7 heteroatoms. The van der Waals surface area contributed by atoms with E-state index in [-0.39, 0.29) is 23.1 Å². The molecule has 1 rings (SSSR count). The van der Waals surface area contributed by atoms with E-state index in [1.807, 2.05) is 4.98 Å². The number of carbonyl (C=O) groups excluding carboxylic acids is 1. The number of aromatic amines is 1. The molecule has 0 saturated heterocycles. The third kappa shape index (κ3) is 3.12. The van der Waals surface area contributed by atoms with Crippen molar-refractivity contribution in [2.75, 3.05) is 6.61 Å². The molecule has 0 aliphatic heterocycles. The smallest absolute Gasteiger partial charge is 0.338 e. The molecule has 1 heterocycles. The van der Waals surface area contributed by atoms with Crippen molar-refractivity contribution in [3.63, 3.8) is 0 Å². The van der Waals surface area contributed by atoms with E-state index in [1.165, 1.54) is 0 Å². The number of hydrogen-bond donors (Lipinski definition) is 1. The third-order valence-electron chi connectivity index (χ3n) is 2.03. The maximum Gasteiger partial charge on any atom is 0.338 e. The molecule has 0 amide bonds. The van der Waals surface area contributed by atoms with Crippen LogP contribution in [0, 0.1) is 0 Å². The summed E-state index contributed by atoms with van der Waals surface area (Å²) >= 11 is 3.01. The molecule has 0 saturated carbocycles. The van der Waals surface area contributed by atoms with E-state index in [4.69, 9.17) is 4.74 Å². The summed E-state index contributed by atoms with van der Waals surface area (Å²) in [4.78, 5) is 24.7. The van der Waals surface area contributed by atoms with Crippen LogP contribution in [0.1, 0.15) is 35.0 Å². The summed E-state index contributed by atoms with van der Waals surface area (Å²) in [6.07, 6.45) is -2.86. The van der Waals surface area contributed by atoms with Crippen molar-refractivity contribution in [1.29, 1.82) is 0 Å². The third-order valence-corrected chi connectivity index (χ3v) is 2.59. The second kappa shape index (κ2) is 5.90. The monoisotopic (exact) mass is 309 g/mol. The number of hydrogen-bond acceptors (Lipinski definition) is 3. The Morgan fingerprint density at radius 2 is 2.24 bits per heavy atom. The molecule has 4 nitrogen and oxygen atoms in total. The van der Waals surface area contributed by atoms with Gasteiger partial charge in [-0.05, 0) is 6.92 Å². The van der Waals surface area contributed by atoms with Crippen LogP contribution in [-0.2, 0) is 10.1 Å². The Kier molecular flexibility index (Phi) is 4.80. The average molecular weight is 310 g/mol. The van der Waals surface area contributed by atoms with Crippen LogP contribution in [0.5, 0.6) is 0 Å². The van der Waals surface area contributed by atoms with Gasteiger partial charge in [-0.1, -0.05) is 15.9 Å². The molecule has 0 unspecified atom stereocenters. The highest BCUT2D eigenvalue weighted by atomic mass is 79.9. The van der Waals surface area contributed by atoms with Crippen molar-refractivity contribution in [2.24, 2.45) is 0 Å². The van der Waals surface area contributed by atoms with Crippen LogP contribution in [0.4, 0.5) is 8.78 Å². The molecule has 1 aromatic heterocycles. The summed E-state index contributed by atoms with van der Waals surface area (Å²) in [5.41, 5.74) is -1.41. The Morgan fingerprint density at radius 1 is 1.59 bits per heavy atom. The molecule has 0 aromatic carbocycles. The summed E-state index contributed by atoms with van der Waals surface area (Å²) in [5.74, 6) is -0.782. The lowest BCUT2D eigenvalue weighted by atomic mass is 10.1. The fourth-order valence-electron chi connectivity index (χ4n) is 1.33. The van der Waals surface area contributed by atoms with Gasteiger partial charge >= 0.3 is 5.97 Å². The van der Waals surface area contributed by atoms with Gasteiger partial charge in [-0.25, -0.2) is 13.6 Å². The molecule has 1 aromatic rings.